The van der Waals surface area contributed by atoms with Gasteiger partial charge in [-0.25, -0.2) is 12.8 Å². The number of halogens is 2. The van der Waals surface area contributed by atoms with Crippen LogP contribution in [-0.4, -0.2) is 30.3 Å². The predicted molar refractivity (Wildman–Crippen MR) is 127 cm³/mol. The second-order valence-corrected chi connectivity index (χ2v) is 11.1. The number of hydrogen-bond acceptors (Lipinski definition) is 5. The number of benzene rings is 2. The maximum atomic E-state index is 14.4. The fourth-order valence-electron chi connectivity index (χ4n) is 3.43. The molecule has 0 saturated carbocycles. The van der Waals surface area contributed by atoms with Gasteiger partial charge in [0, 0.05) is 24.8 Å². The largest absolute Gasteiger partial charge is 0.377 e. The first-order valence-electron chi connectivity index (χ1n) is 10.4. The summed E-state index contributed by atoms with van der Waals surface area (Å²) in [6.07, 6.45) is 0. The Hall–Kier alpha value is -2.49. The van der Waals surface area contributed by atoms with Crippen LogP contribution in [0.3, 0.4) is 0 Å². The van der Waals surface area contributed by atoms with E-state index in [0.717, 1.165) is 11.6 Å². The van der Waals surface area contributed by atoms with E-state index in [1.54, 1.807) is 16.7 Å². The van der Waals surface area contributed by atoms with Gasteiger partial charge < -0.3 is 9.30 Å². The number of aromatic nitrogens is 3. The lowest BCUT2D eigenvalue weighted by atomic mass is 9.87. The minimum Gasteiger partial charge on any atom is -0.377 e. The molecule has 0 fully saturated rings. The highest BCUT2D eigenvalue weighted by atomic mass is 35.5. The van der Waals surface area contributed by atoms with Crippen LogP contribution in [0.5, 0.6) is 0 Å². The summed E-state index contributed by atoms with van der Waals surface area (Å²) in [7, 11) is -2.47. The summed E-state index contributed by atoms with van der Waals surface area (Å²) in [6, 6.07) is 8.92. The second-order valence-electron chi connectivity index (χ2n) is 9.03. The van der Waals surface area contributed by atoms with Crippen molar-refractivity contribution in [3.05, 3.63) is 58.6 Å². The Bertz CT molecular complexity index is 1250. The quantitative estimate of drug-likeness (QED) is 0.464. The fraction of sp³-hybridized carbons (Fsp3) is 0.391. The Kier molecular flexibility index (Phi) is 7.16. The predicted octanol–water partition coefficient (Wildman–Crippen LogP) is 5.56. The Morgan fingerprint density at radius 3 is 2.33 bits per heavy atom. The van der Waals surface area contributed by atoms with Gasteiger partial charge >= 0.3 is 0 Å². The molecule has 2 aromatic carbocycles. The Morgan fingerprint density at radius 2 is 1.79 bits per heavy atom. The van der Waals surface area contributed by atoms with Crippen LogP contribution < -0.4 is 4.72 Å². The molecule has 33 heavy (non-hydrogen) atoms. The number of nitrogens with zero attached hydrogens (tertiary/aromatic N) is 3. The number of rotatable bonds is 7. The van der Waals surface area contributed by atoms with Crippen molar-refractivity contribution < 1.29 is 17.5 Å². The average Bonchev–Trinajstić information content (AvgIpc) is 3.14. The summed E-state index contributed by atoms with van der Waals surface area (Å²) >= 11 is 6.05. The van der Waals surface area contributed by atoms with Gasteiger partial charge in [-0.05, 0) is 43.0 Å². The second kappa shape index (κ2) is 9.40. The zero-order valence-electron chi connectivity index (χ0n) is 19.5. The van der Waals surface area contributed by atoms with Crippen LogP contribution in [0.25, 0.3) is 11.4 Å². The zero-order valence-corrected chi connectivity index (χ0v) is 21.1. The molecule has 0 unspecified atom stereocenters. The minimum absolute atomic E-state index is 0.00932. The summed E-state index contributed by atoms with van der Waals surface area (Å²) < 4.78 is 50.2. The molecule has 178 valence electrons. The van der Waals surface area contributed by atoms with Crippen LogP contribution in [0, 0.1) is 5.82 Å². The summed E-state index contributed by atoms with van der Waals surface area (Å²) in [5.74, 6) is 0.142. The molecule has 1 heterocycles. The van der Waals surface area contributed by atoms with Gasteiger partial charge in [-0.3, -0.25) is 4.72 Å². The van der Waals surface area contributed by atoms with E-state index >= 15 is 0 Å². The van der Waals surface area contributed by atoms with Gasteiger partial charge in [0.2, 0.25) is 0 Å². The maximum absolute atomic E-state index is 14.4. The zero-order chi connectivity index (χ0) is 24.6. The van der Waals surface area contributed by atoms with Gasteiger partial charge in [0.25, 0.3) is 10.0 Å². The van der Waals surface area contributed by atoms with Crippen molar-refractivity contribution in [3.63, 3.8) is 0 Å². The van der Waals surface area contributed by atoms with Crippen molar-refractivity contribution in [2.24, 2.45) is 0 Å². The van der Waals surface area contributed by atoms with Crippen molar-refractivity contribution in [1.29, 1.82) is 0 Å². The molecule has 0 aliphatic rings. The van der Waals surface area contributed by atoms with Crippen molar-refractivity contribution >= 4 is 27.3 Å². The highest BCUT2D eigenvalue weighted by Gasteiger charge is 2.24. The van der Waals surface area contributed by atoms with E-state index in [2.05, 4.69) is 14.9 Å². The van der Waals surface area contributed by atoms with Crippen molar-refractivity contribution in [2.45, 2.75) is 57.6 Å². The fourth-order valence-corrected chi connectivity index (χ4v) is 4.67. The van der Waals surface area contributed by atoms with Gasteiger partial charge in [0.15, 0.2) is 11.6 Å². The molecule has 7 nitrogen and oxygen atoms in total. The lowest BCUT2D eigenvalue weighted by molar-refractivity contribution is 0.173. The summed E-state index contributed by atoms with van der Waals surface area (Å²) in [5, 5.41) is 8.22. The number of methoxy groups -OCH3 is 1. The van der Waals surface area contributed by atoms with Crippen LogP contribution in [0.15, 0.2) is 41.3 Å². The number of nitrogens with one attached hydrogen (secondary N) is 1. The molecule has 3 aromatic rings. The van der Waals surface area contributed by atoms with E-state index in [4.69, 9.17) is 16.3 Å². The normalized spacial score (nSPS) is 12.4. The summed E-state index contributed by atoms with van der Waals surface area (Å²) in [6.45, 7) is 10.2. The molecule has 3 rings (SSSR count). The van der Waals surface area contributed by atoms with Gasteiger partial charge in [-0.2, -0.15) is 0 Å². The topological polar surface area (TPSA) is 86.1 Å². The molecule has 0 saturated heterocycles. The van der Waals surface area contributed by atoms with E-state index in [9.17, 15) is 12.8 Å². The van der Waals surface area contributed by atoms with Gasteiger partial charge in [0.1, 0.15) is 12.4 Å². The SMILES string of the molecule is COCc1nnc(-c2cc(Cl)c(F)cc2NS(=O)(=O)c2ccc(C(C)(C)C)cc2)n1C(C)C. The Labute approximate surface area is 199 Å². The molecule has 0 amide bonds. The lowest BCUT2D eigenvalue weighted by Crippen LogP contribution is -2.16. The van der Waals surface area contributed by atoms with Crippen molar-refractivity contribution in [2.75, 3.05) is 11.8 Å². The van der Waals surface area contributed by atoms with Crippen LogP contribution in [0.1, 0.15) is 52.0 Å². The Balaban J connectivity index is 2.09. The third-order valence-electron chi connectivity index (χ3n) is 5.13. The minimum atomic E-state index is -4.01. The molecule has 1 N–H and O–H groups in total. The standard InChI is InChI=1S/C23H28ClFN4O3S/c1-14(2)29-21(13-32-6)26-27-22(29)17-11-18(24)19(25)12-20(17)28-33(30,31)16-9-7-15(8-10-16)23(3,4)5/h7-12,14,28H,13H2,1-6H3. The van der Waals surface area contributed by atoms with Crippen LogP contribution >= 0.6 is 11.6 Å². The molecule has 0 bridgehead atoms. The molecular weight excluding hydrogens is 467 g/mol. The van der Waals surface area contributed by atoms with Gasteiger partial charge in [-0.15, -0.1) is 10.2 Å². The molecule has 1 aromatic heterocycles. The Morgan fingerprint density at radius 1 is 1.15 bits per heavy atom. The first kappa shape index (κ1) is 25.1. The molecule has 0 aliphatic carbocycles. The summed E-state index contributed by atoms with van der Waals surface area (Å²) in [5.41, 5.74) is 1.19. The molecule has 0 aliphatic heterocycles. The lowest BCUT2D eigenvalue weighted by Gasteiger charge is -2.20. The number of sulfonamides is 1. The number of ether oxygens (including phenoxy) is 1. The van der Waals surface area contributed by atoms with E-state index in [-0.39, 0.29) is 33.7 Å². The highest BCUT2D eigenvalue weighted by Crippen LogP contribution is 2.35. The van der Waals surface area contributed by atoms with Crippen LogP contribution in [0.4, 0.5) is 10.1 Å². The first-order valence-corrected chi connectivity index (χ1v) is 12.3. The monoisotopic (exact) mass is 494 g/mol. The average molecular weight is 495 g/mol. The number of hydrogen-bond donors (Lipinski definition) is 1. The smallest absolute Gasteiger partial charge is 0.261 e. The van der Waals surface area contributed by atoms with Gasteiger partial charge in [-0.1, -0.05) is 44.5 Å². The van der Waals surface area contributed by atoms with E-state index in [0.29, 0.717) is 17.2 Å². The van der Waals surface area contributed by atoms with E-state index < -0.39 is 15.8 Å². The van der Waals surface area contributed by atoms with Crippen LogP contribution in [0.2, 0.25) is 5.02 Å². The number of anilines is 1. The maximum Gasteiger partial charge on any atom is 0.261 e. The van der Waals surface area contributed by atoms with E-state index in [1.165, 1.54) is 25.3 Å². The van der Waals surface area contributed by atoms with Gasteiger partial charge in [0.05, 0.1) is 15.6 Å². The summed E-state index contributed by atoms with van der Waals surface area (Å²) in [4.78, 5) is 0.0576. The van der Waals surface area contributed by atoms with Crippen molar-refractivity contribution in [1.82, 2.24) is 14.8 Å². The molecule has 0 radical (unpaired) electrons. The first-order chi connectivity index (χ1) is 15.3. The highest BCUT2D eigenvalue weighted by molar-refractivity contribution is 7.92. The molecule has 0 spiro atoms. The molecule has 10 heteroatoms. The third-order valence-corrected chi connectivity index (χ3v) is 6.80. The van der Waals surface area contributed by atoms with Crippen LogP contribution in [-0.2, 0) is 26.8 Å². The van der Waals surface area contributed by atoms with E-state index in [1.807, 2.05) is 34.6 Å². The van der Waals surface area contributed by atoms with Crippen molar-refractivity contribution in [3.8, 4) is 11.4 Å². The molecule has 0 atom stereocenters. The third kappa shape index (κ3) is 5.37. The molecular formula is C23H28ClFN4O3S.